The summed E-state index contributed by atoms with van der Waals surface area (Å²) in [6.45, 7) is 8.73. The standard InChI is InChI=1S/C19H30N2O2.ClH/c1-3-20-15-17-9-11-21(12-10-17)19(22)8-5-13-23-18-7-4-6-16(2)14-18;/h4,6-7,14,17,20H,3,5,8-13,15H2,1-2H3;1H. The molecule has 0 saturated carbocycles. The van der Waals surface area contributed by atoms with E-state index in [-0.39, 0.29) is 18.3 Å². The summed E-state index contributed by atoms with van der Waals surface area (Å²) in [4.78, 5) is 14.3. The number of aryl methyl sites for hydroxylation is 1. The van der Waals surface area contributed by atoms with Crippen LogP contribution >= 0.6 is 12.4 Å². The summed E-state index contributed by atoms with van der Waals surface area (Å²) in [5.41, 5.74) is 1.19. The molecule has 2 rings (SSSR count). The summed E-state index contributed by atoms with van der Waals surface area (Å²) in [6.07, 6.45) is 3.62. The fourth-order valence-corrected chi connectivity index (χ4v) is 3.01. The van der Waals surface area contributed by atoms with E-state index in [1.807, 2.05) is 23.1 Å². The Morgan fingerprint density at radius 3 is 2.75 bits per heavy atom. The molecule has 1 saturated heterocycles. The van der Waals surface area contributed by atoms with Gasteiger partial charge in [0.2, 0.25) is 5.91 Å². The molecule has 0 aromatic heterocycles. The van der Waals surface area contributed by atoms with Crippen molar-refractivity contribution in [2.45, 2.75) is 39.5 Å². The fourth-order valence-electron chi connectivity index (χ4n) is 3.01. The number of nitrogens with zero attached hydrogens (tertiary/aromatic N) is 1. The van der Waals surface area contributed by atoms with E-state index in [2.05, 4.69) is 25.2 Å². The van der Waals surface area contributed by atoms with Crippen LogP contribution in [0.25, 0.3) is 0 Å². The van der Waals surface area contributed by atoms with Crippen molar-refractivity contribution in [2.24, 2.45) is 5.92 Å². The van der Waals surface area contributed by atoms with Gasteiger partial charge in [0.05, 0.1) is 6.61 Å². The van der Waals surface area contributed by atoms with Crippen molar-refractivity contribution in [3.05, 3.63) is 29.8 Å². The maximum atomic E-state index is 12.2. The highest BCUT2D eigenvalue weighted by Crippen LogP contribution is 2.18. The monoisotopic (exact) mass is 354 g/mol. The second-order valence-corrected chi connectivity index (χ2v) is 6.40. The number of carbonyl (C=O) groups is 1. The molecule has 1 aromatic carbocycles. The van der Waals surface area contributed by atoms with Gasteiger partial charge >= 0.3 is 0 Å². The van der Waals surface area contributed by atoms with Crippen LogP contribution in [0, 0.1) is 12.8 Å². The number of carbonyl (C=O) groups excluding carboxylic acids is 1. The van der Waals surface area contributed by atoms with Gasteiger partial charge in [0, 0.05) is 19.5 Å². The number of likely N-dealkylation sites (tertiary alicyclic amines) is 1. The average Bonchev–Trinajstić information content (AvgIpc) is 2.57. The molecule has 0 unspecified atom stereocenters. The highest BCUT2D eigenvalue weighted by Gasteiger charge is 2.21. The van der Waals surface area contributed by atoms with Crippen molar-refractivity contribution in [1.82, 2.24) is 10.2 Å². The third-order valence-electron chi connectivity index (χ3n) is 4.44. The lowest BCUT2D eigenvalue weighted by molar-refractivity contribution is -0.132. The van der Waals surface area contributed by atoms with Gasteiger partial charge in [-0.1, -0.05) is 19.1 Å². The van der Waals surface area contributed by atoms with Crippen LogP contribution in [0.5, 0.6) is 5.75 Å². The summed E-state index contributed by atoms with van der Waals surface area (Å²) < 4.78 is 5.71. The van der Waals surface area contributed by atoms with E-state index in [0.717, 1.165) is 57.1 Å². The molecule has 0 spiro atoms. The summed E-state index contributed by atoms with van der Waals surface area (Å²) >= 11 is 0. The molecule has 0 radical (unpaired) electrons. The molecule has 1 heterocycles. The van der Waals surface area contributed by atoms with Crippen molar-refractivity contribution in [2.75, 3.05) is 32.8 Å². The fraction of sp³-hybridized carbons (Fsp3) is 0.632. The molecule has 1 aliphatic rings. The minimum atomic E-state index is 0. The molecule has 0 bridgehead atoms. The first-order chi connectivity index (χ1) is 11.2. The van der Waals surface area contributed by atoms with Crippen LogP contribution in [0.2, 0.25) is 0 Å². The average molecular weight is 355 g/mol. The van der Waals surface area contributed by atoms with Crippen LogP contribution in [0.1, 0.15) is 38.2 Å². The Kier molecular flexibility index (Phi) is 9.80. The number of rotatable bonds is 8. The molecule has 1 aliphatic heterocycles. The van der Waals surface area contributed by atoms with E-state index < -0.39 is 0 Å². The van der Waals surface area contributed by atoms with Gasteiger partial charge < -0.3 is 15.0 Å². The van der Waals surface area contributed by atoms with Crippen molar-refractivity contribution in [3.8, 4) is 5.75 Å². The Bertz CT molecular complexity index is 488. The van der Waals surface area contributed by atoms with Crippen LogP contribution in [0.3, 0.4) is 0 Å². The SMILES string of the molecule is CCNCC1CCN(C(=O)CCCOc2cccc(C)c2)CC1.Cl. The first-order valence-corrected chi connectivity index (χ1v) is 8.87. The lowest BCUT2D eigenvalue weighted by atomic mass is 9.96. The van der Waals surface area contributed by atoms with Gasteiger partial charge in [-0.05, 0) is 62.9 Å². The Morgan fingerprint density at radius 2 is 2.08 bits per heavy atom. The molecule has 1 fully saturated rings. The number of ether oxygens (including phenoxy) is 1. The predicted molar refractivity (Wildman–Crippen MR) is 101 cm³/mol. The minimum absolute atomic E-state index is 0. The van der Waals surface area contributed by atoms with Gasteiger partial charge in [-0.15, -0.1) is 12.4 Å². The highest BCUT2D eigenvalue weighted by atomic mass is 35.5. The summed E-state index contributed by atoms with van der Waals surface area (Å²) in [5.74, 6) is 1.89. The van der Waals surface area contributed by atoms with Gasteiger partial charge in [0.25, 0.3) is 0 Å². The first-order valence-electron chi connectivity index (χ1n) is 8.87. The van der Waals surface area contributed by atoms with Crippen molar-refractivity contribution in [3.63, 3.8) is 0 Å². The summed E-state index contributed by atoms with van der Waals surface area (Å²) in [7, 11) is 0. The number of nitrogens with one attached hydrogen (secondary N) is 1. The zero-order chi connectivity index (χ0) is 16.5. The number of amides is 1. The molecule has 1 aromatic rings. The second-order valence-electron chi connectivity index (χ2n) is 6.40. The molecule has 1 amide bonds. The zero-order valence-electron chi connectivity index (χ0n) is 14.9. The van der Waals surface area contributed by atoms with Crippen LogP contribution < -0.4 is 10.1 Å². The lowest BCUT2D eigenvalue weighted by Gasteiger charge is -2.32. The normalized spacial score (nSPS) is 15.0. The van der Waals surface area contributed by atoms with E-state index in [9.17, 15) is 4.79 Å². The van der Waals surface area contributed by atoms with Crippen molar-refractivity contribution in [1.29, 1.82) is 0 Å². The highest BCUT2D eigenvalue weighted by molar-refractivity contribution is 5.85. The quantitative estimate of drug-likeness (QED) is 0.727. The minimum Gasteiger partial charge on any atom is -0.494 e. The van der Waals surface area contributed by atoms with Gasteiger partial charge in [-0.2, -0.15) is 0 Å². The number of piperidine rings is 1. The smallest absolute Gasteiger partial charge is 0.222 e. The van der Waals surface area contributed by atoms with E-state index >= 15 is 0 Å². The van der Waals surface area contributed by atoms with Crippen LogP contribution in [0.15, 0.2) is 24.3 Å². The number of halogens is 1. The van der Waals surface area contributed by atoms with E-state index in [1.165, 1.54) is 5.56 Å². The van der Waals surface area contributed by atoms with Crippen molar-refractivity contribution >= 4 is 18.3 Å². The van der Waals surface area contributed by atoms with Gasteiger partial charge in [0.1, 0.15) is 5.75 Å². The predicted octanol–water partition coefficient (Wildman–Crippen LogP) is 3.42. The molecule has 24 heavy (non-hydrogen) atoms. The molecule has 0 atom stereocenters. The Morgan fingerprint density at radius 1 is 1.33 bits per heavy atom. The number of hydrogen-bond acceptors (Lipinski definition) is 3. The van der Waals surface area contributed by atoms with E-state index in [0.29, 0.717) is 13.0 Å². The number of benzene rings is 1. The van der Waals surface area contributed by atoms with E-state index in [1.54, 1.807) is 0 Å². The Hall–Kier alpha value is -1.26. The number of hydrogen-bond donors (Lipinski definition) is 1. The molecular formula is C19H31ClN2O2. The van der Waals surface area contributed by atoms with Crippen LogP contribution in [0.4, 0.5) is 0 Å². The molecule has 136 valence electrons. The van der Waals surface area contributed by atoms with Crippen LogP contribution in [-0.2, 0) is 4.79 Å². The second kappa shape index (κ2) is 11.3. The topological polar surface area (TPSA) is 41.6 Å². The molecule has 5 heteroatoms. The molecule has 4 nitrogen and oxygen atoms in total. The summed E-state index contributed by atoms with van der Waals surface area (Å²) in [5, 5.41) is 3.40. The summed E-state index contributed by atoms with van der Waals surface area (Å²) in [6, 6.07) is 8.03. The van der Waals surface area contributed by atoms with Gasteiger partial charge in [-0.3, -0.25) is 4.79 Å². The Balaban J connectivity index is 0.00000288. The van der Waals surface area contributed by atoms with Gasteiger partial charge in [-0.25, -0.2) is 0 Å². The molecular weight excluding hydrogens is 324 g/mol. The van der Waals surface area contributed by atoms with Crippen LogP contribution in [-0.4, -0.2) is 43.6 Å². The third-order valence-corrected chi connectivity index (χ3v) is 4.44. The maximum Gasteiger partial charge on any atom is 0.222 e. The third kappa shape index (κ3) is 7.10. The zero-order valence-corrected chi connectivity index (χ0v) is 15.7. The maximum absolute atomic E-state index is 12.2. The first kappa shape index (κ1) is 20.8. The van der Waals surface area contributed by atoms with E-state index in [4.69, 9.17) is 4.74 Å². The Labute approximate surface area is 152 Å². The molecule has 1 N–H and O–H groups in total. The van der Waals surface area contributed by atoms with Gasteiger partial charge in [0.15, 0.2) is 0 Å². The molecule has 0 aliphatic carbocycles. The largest absolute Gasteiger partial charge is 0.494 e. The van der Waals surface area contributed by atoms with Crippen molar-refractivity contribution < 1.29 is 9.53 Å². The lowest BCUT2D eigenvalue weighted by Crippen LogP contribution is -2.40.